The van der Waals surface area contributed by atoms with E-state index in [1.165, 1.54) is 18.2 Å². The Morgan fingerprint density at radius 1 is 1.23 bits per heavy atom. The highest BCUT2D eigenvalue weighted by atomic mass is 19.1. The summed E-state index contributed by atoms with van der Waals surface area (Å²) in [6.07, 6.45) is 0. The standard InChI is InChI=1S/C20H18FNO4/c1-3-26-18(23)17-16(11-4-7-13(25-2)8-5-11)20(17)14-10-12(21)6-9-15(14)22-19(20)24/h4-10,16-17H,3H2,1-2H3,(H,22,24)/t16-,17+,20-/m1/s1. The Kier molecular flexibility index (Phi) is 3.72. The molecule has 3 atom stereocenters. The maximum atomic E-state index is 13.9. The number of carbonyl (C=O) groups is 2. The summed E-state index contributed by atoms with van der Waals surface area (Å²) in [7, 11) is 1.57. The van der Waals surface area contributed by atoms with Gasteiger partial charge in [-0.05, 0) is 48.4 Å². The number of methoxy groups -OCH3 is 1. The number of carbonyl (C=O) groups excluding carboxylic acids is 2. The van der Waals surface area contributed by atoms with Crippen LogP contribution in [0.1, 0.15) is 24.0 Å². The largest absolute Gasteiger partial charge is 0.497 e. The summed E-state index contributed by atoms with van der Waals surface area (Å²) < 4.78 is 24.3. The summed E-state index contributed by atoms with van der Waals surface area (Å²) in [5.41, 5.74) is 0.748. The number of hydrogen-bond acceptors (Lipinski definition) is 4. The summed E-state index contributed by atoms with van der Waals surface area (Å²) in [6, 6.07) is 11.4. The zero-order chi connectivity index (χ0) is 18.5. The highest BCUT2D eigenvalue weighted by molar-refractivity contribution is 6.14. The molecule has 0 radical (unpaired) electrons. The summed E-state index contributed by atoms with van der Waals surface area (Å²) in [5, 5.41) is 2.79. The van der Waals surface area contributed by atoms with Gasteiger partial charge in [0, 0.05) is 11.6 Å². The summed E-state index contributed by atoms with van der Waals surface area (Å²) in [4.78, 5) is 25.5. The molecule has 26 heavy (non-hydrogen) atoms. The molecule has 1 fully saturated rings. The van der Waals surface area contributed by atoms with Gasteiger partial charge in [-0.1, -0.05) is 12.1 Å². The Labute approximate surface area is 150 Å². The van der Waals surface area contributed by atoms with Crippen molar-refractivity contribution in [3.63, 3.8) is 0 Å². The summed E-state index contributed by atoms with van der Waals surface area (Å²) in [6.45, 7) is 1.94. The molecular weight excluding hydrogens is 337 g/mol. The molecule has 4 rings (SSSR count). The molecule has 1 amide bonds. The van der Waals surface area contributed by atoms with E-state index in [9.17, 15) is 14.0 Å². The Hall–Kier alpha value is -2.89. The zero-order valence-corrected chi connectivity index (χ0v) is 14.4. The molecular formula is C20H18FNO4. The van der Waals surface area contributed by atoms with Crippen molar-refractivity contribution < 1.29 is 23.5 Å². The molecule has 2 aliphatic rings. The average molecular weight is 355 g/mol. The third-order valence-corrected chi connectivity index (χ3v) is 5.27. The van der Waals surface area contributed by atoms with Crippen molar-refractivity contribution in [2.24, 2.45) is 5.92 Å². The van der Waals surface area contributed by atoms with E-state index >= 15 is 0 Å². The fraction of sp³-hybridized carbons (Fsp3) is 0.300. The lowest BCUT2D eigenvalue weighted by Gasteiger charge is -2.09. The number of esters is 1. The lowest BCUT2D eigenvalue weighted by Crippen LogP contribution is -2.25. The van der Waals surface area contributed by atoms with Gasteiger partial charge >= 0.3 is 5.97 Å². The minimum absolute atomic E-state index is 0.221. The van der Waals surface area contributed by atoms with Crippen molar-refractivity contribution in [3.05, 3.63) is 59.4 Å². The molecule has 1 aliphatic heterocycles. The number of benzene rings is 2. The van der Waals surface area contributed by atoms with Crippen molar-refractivity contribution in [1.29, 1.82) is 0 Å². The van der Waals surface area contributed by atoms with E-state index in [1.54, 1.807) is 26.2 Å². The lowest BCUT2D eigenvalue weighted by atomic mass is 9.91. The lowest BCUT2D eigenvalue weighted by molar-refractivity contribution is -0.146. The summed E-state index contributed by atoms with van der Waals surface area (Å²) in [5.74, 6) is -1.59. The predicted octanol–water partition coefficient (Wildman–Crippen LogP) is 3.00. The minimum atomic E-state index is -1.13. The fourth-order valence-corrected chi connectivity index (χ4v) is 4.14. The minimum Gasteiger partial charge on any atom is -0.497 e. The van der Waals surface area contributed by atoms with Crippen molar-refractivity contribution in [2.75, 3.05) is 19.0 Å². The van der Waals surface area contributed by atoms with E-state index in [1.807, 2.05) is 12.1 Å². The molecule has 2 aromatic rings. The third-order valence-electron chi connectivity index (χ3n) is 5.27. The number of hydrogen-bond donors (Lipinski definition) is 1. The monoisotopic (exact) mass is 355 g/mol. The van der Waals surface area contributed by atoms with Crippen LogP contribution in [0.15, 0.2) is 42.5 Å². The first-order valence-electron chi connectivity index (χ1n) is 8.46. The molecule has 1 aliphatic carbocycles. The Morgan fingerprint density at radius 3 is 2.62 bits per heavy atom. The number of halogens is 1. The van der Waals surface area contributed by atoms with Gasteiger partial charge in [0.1, 0.15) is 11.6 Å². The van der Waals surface area contributed by atoms with Crippen LogP contribution in [0.5, 0.6) is 5.75 Å². The van der Waals surface area contributed by atoms with Crippen molar-refractivity contribution >= 4 is 17.6 Å². The maximum Gasteiger partial charge on any atom is 0.311 e. The SMILES string of the molecule is CCOC(=O)[C@@H]1[C@@H](c2ccc(OC)cc2)[C@@]12C(=O)Nc1ccc(F)cc12. The number of rotatable bonds is 4. The smallest absolute Gasteiger partial charge is 0.311 e. The van der Waals surface area contributed by atoms with Crippen LogP contribution in [0.4, 0.5) is 10.1 Å². The highest BCUT2D eigenvalue weighted by Gasteiger charge is 2.77. The van der Waals surface area contributed by atoms with Crippen LogP contribution < -0.4 is 10.1 Å². The molecule has 1 saturated carbocycles. The second kappa shape index (κ2) is 5.83. The van der Waals surface area contributed by atoms with Crippen LogP contribution in [0.25, 0.3) is 0 Å². The topological polar surface area (TPSA) is 64.6 Å². The van der Waals surface area contributed by atoms with E-state index in [4.69, 9.17) is 9.47 Å². The molecule has 5 nitrogen and oxygen atoms in total. The van der Waals surface area contributed by atoms with Crippen LogP contribution in [0, 0.1) is 11.7 Å². The van der Waals surface area contributed by atoms with Gasteiger partial charge in [0.25, 0.3) is 0 Å². The number of amides is 1. The van der Waals surface area contributed by atoms with E-state index in [0.29, 0.717) is 17.0 Å². The molecule has 6 heteroatoms. The van der Waals surface area contributed by atoms with Crippen molar-refractivity contribution in [1.82, 2.24) is 0 Å². The van der Waals surface area contributed by atoms with Gasteiger partial charge in [-0.3, -0.25) is 9.59 Å². The molecule has 134 valence electrons. The van der Waals surface area contributed by atoms with Crippen molar-refractivity contribution in [2.45, 2.75) is 18.3 Å². The Morgan fingerprint density at radius 2 is 1.96 bits per heavy atom. The number of anilines is 1. The Bertz CT molecular complexity index is 895. The average Bonchev–Trinajstić information content (AvgIpc) is 3.26. The van der Waals surface area contributed by atoms with Crippen LogP contribution >= 0.6 is 0 Å². The first-order chi connectivity index (χ1) is 12.5. The summed E-state index contributed by atoms with van der Waals surface area (Å²) >= 11 is 0. The fourth-order valence-electron chi connectivity index (χ4n) is 4.14. The van der Waals surface area contributed by atoms with Gasteiger partial charge in [0.2, 0.25) is 5.91 Å². The molecule has 1 spiro atoms. The molecule has 2 aromatic carbocycles. The van der Waals surface area contributed by atoms with Gasteiger partial charge in [-0.15, -0.1) is 0 Å². The molecule has 0 bridgehead atoms. The first kappa shape index (κ1) is 16.6. The number of nitrogens with one attached hydrogen (secondary N) is 1. The van der Waals surface area contributed by atoms with Crippen molar-refractivity contribution in [3.8, 4) is 5.75 Å². The van der Waals surface area contributed by atoms with E-state index < -0.39 is 29.0 Å². The zero-order valence-electron chi connectivity index (χ0n) is 14.4. The number of fused-ring (bicyclic) bond motifs is 2. The van der Waals surface area contributed by atoms with Gasteiger partial charge < -0.3 is 14.8 Å². The number of ether oxygens (including phenoxy) is 2. The van der Waals surface area contributed by atoms with Gasteiger partial charge in [-0.25, -0.2) is 4.39 Å². The maximum absolute atomic E-state index is 13.9. The molecule has 0 aromatic heterocycles. The first-order valence-corrected chi connectivity index (χ1v) is 8.46. The molecule has 1 heterocycles. The Balaban J connectivity index is 1.83. The quantitative estimate of drug-likeness (QED) is 0.857. The third kappa shape index (κ3) is 2.14. The van der Waals surface area contributed by atoms with Gasteiger partial charge in [-0.2, -0.15) is 0 Å². The second-order valence-electron chi connectivity index (χ2n) is 6.49. The second-order valence-corrected chi connectivity index (χ2v) is 6.49. The van der Waals surface area contributed by atoms with E-state index in [2.05, 4.69) is 5.32 Å². The molecule has 0 unspecified atom stereocenters. The van der Waals surface area contributed by atoms with Gasteiger partial charge in [0.15, 0.2) is 0 Å². The molecule has 0 saturated heterocycles. The predicted molar refractivity (Wildman–Crippen MR) is 92.6 cm³/mol. The van der Waals surface area contributed by atoms with Crippen LogP contribution in [0.3, 0.4) is 0 Å². The van der Waals surface area contributed by atoms with Crippen LogP contribution in [-0.4, -0.2) is 25.6 Å². The van der Waals surface area contributed by atoms with E-state index in [-0.39, 0.29) is 12.5 Å². The van der Waals surface area contributed by atoms with Crippen LogP contribution in [-0.2, 0) is 19.7 Å². The molecule has 1 N–H and O–H groups in total. The highest BCUT2D eigenvalue weighted by Crippen LogP contribution is 2.69. The van der Waals surface area contributed by atoms with E-state index in [0.717, 1.165) is 5.56 Å². The van der Waals surface area contributed by atoms with Crippen LogP contribution in [0.2, 0.25) is 0 Å². The normalized spacial score (nSPS) is 25.6. The van der Waals surface area contributed by atoms with Gasteiger partial charge in [0.05, 0.1) is 25.0 Å².